The molecule has 0 unspecified atom stereocenters. The van der Waals surface area contributed by atoms with Crippen LogP contribution in [-0.4, -0.2) is 39.5 Å². The Kier molecular flexibility index (Phi) is 5.86. The van der Waals surface area contributed by atoms with Crippen molar-refractivity contribution < 1.29 is 44.7 Å². The quantitative estimate of drug-likeness (QED) is 0.352. The Balaban J connectivity index is 1.69. The highest BCUT2D eigenvalue weighted by atomic mass is 32.2. The molecule has 2 aliphatic heterocycles. The van der Waals surface area contributed by atoms with Gasteiger partial charge in [0.05, 0.1) is 19.8 Å². The first kappa shape index (κ1) is 22.2. The Morgan fingerprint density at radius 3 is 2.65 bits per heavy atom. The molecule has 2 fully saturated rings. The molecule has 4 rings (SSSR count). The lowest BCUT2D eigenvalue weighted by Crippen LogP contribution is -2.38. The number of rotatable bonds is 6. The van der Waals surface area contributed by atoms with E-state index < -0.39 is 33.3 Å². The topological polar surface area (TPSA) is 80.3 Å². The molecule has 0 N–H and O–H groups in total. The molecule has 31 heavy (non-hydrogen) atoms. The van der Waals surface area contributed by atoms with E-state index in [-0.39, 0.29) is 17.7 Å². The van der Waals surface area contributed by atoms with Gasteiger partial charge >= 0.3 is 21.6 Å². The summed E-state index contributed by atoms with van der Waals surface area (Å²) >= 11 is 0. The maximum absolute atomic E-state index is 12.9. The second-order valence-corrected chi connectivity index (χ2v) is 9.21. The van der Waals surface area contributed by atoms with E-state index in [2.05, 4.69) is 4.18 Å². The van der Waals surface area contributed by atoms with Crippen LogP contribution in [0.3, 0.4) is 0 Å². The molecule has 1 aliphatic carbocycles. The van der Waals surface area contributed by atoms with Crippen LogP contribution in [0.15, 0.2) is 29.7 Å². The van der Waals surface area contributed by atoms with Crippen LogP contribution in [0.25, 0.3) is 0 Å². The van der Waals surface area contributed by atoms with Crippen molar-refractivity contribution in [3.05, 3.63) is 35.3 Å². The highest BCUT2D eigenvalue weighted by molar-refractivity contribution is 7.87. The predicted octanol–water partition coefficient (Wildman–Crippen LogP) is 4.35. The number of benzene rings is 1. The minimum absolute atomic E-state index is 0.0424. The minimum atomic E-state index is -5.90. The minimum Gasteiger partial charge on any atom is -0.494 e. The number of fused-ring (bicyclic) bond motifs is 3. The van der Waals surface area contributed by atoms with Crippen LogP contribution < -0.4 is 9.47 Å². The van der Waals surface area contributed by atoms with Crippen molar-refractivity contribution in [3.63, 3.8) is 0 Å². The molecule has 0 aromatic heterocycles. The molecule has 2 heterocycles. The largest absolute Gasteiger partial charge is 0.534 e. The van der Waals surface area contributed by atoms with Crippen LogP contribution in [0.4, 0.5) is 13.2 Å². The Labute approximate surface area is 178 Å². The maximum atomic E-state index is 12.9. The third-order valence-corrected chi connectivity index (χ3v) is 6.50. The average Bonchev–Trinajstić information content (AvgIpc) is 3.15. The Hall–Kier alpha value is -1.98. The van der Waals surface area contributed by atoms with E-state index in [1.807, 2.05) is 6.92 Å². The fourth-order valence-electron chi connectivity index (χ4n) is 4.04. The van der Waals surface area contributed by atoms with Gasteiger partial charge < -0.3 is 23.1 Å². The number of halogens is 3. The fraction of sp³-hybridized carbons (Fsp3) is 0.600. The zero-order valence-corrected chi connectivity index (χ0v) is 17.7. The van der Waals surface area contributed by atoms with E-state index in [9.17, 15) is 21.6 Å². The van der Waals surface area contributed by atoms with Crippen molar-refractivity contribution in [2.75, 3.05) is 19.8 Å². The number of hydrogen-bond acceptors (Lipinski definition) is 7. The summed E-state index contributed by atoms with van der Waals surface area (Å²) in [6.07, 6.45) is 2.86. The molecule has 1 aromatic carbocycles. The number of ether oxygens (including phenoxy) is 4. The first-order valence-electron chi connectivity index (χ1n) is 10.1. The summed E-state index contributed by atoms with van der Waals surface area (Å²) in [7, 11) is -5.90. The maximum Gasteiger partial charge on any atom is 0.534 e. The lowest BCUT2D eigenvalue weighted by atomic mass is 9.76. The molecule has 11 heteroatoms. The van der Waals surface area contributed by atoms with Crippen molar-refractivity contribution in [2.24, 2.45) is 0 Å². The van der Waals surface area contributed by atoms with Gasteiger partial charge in [-0.3, -0.25) is 0 Å². The lowest BCUT2D eigenvalue weighted by Gasteiger charge is -2.40. The van der Waals surface area contributed by atoms with Crippen LogP contribution in [0.1, 0.15) is 50.5 Å². The van der Waals surface area contributed by atoms with Gasteiger partial charge in [-0.2, -0.15) is 21.6 Å². The third-order valence-electron chi connectivity index (χ3n) is 5.56. The van der Waals surface area contributed by atoms with Crippen molar-refractivity contribution in [1.82, 2.24) is 0 Å². The van der Waals surface area contributed by atoms with Gasteiger partial charge in [-0.25, -0.2) is 0 Å². The van der Waals surface area contributed by atoms with E-state index in [1.165, 1.54) is 0 Å². The van der Waals surface area contributed by atoms with E-state index >= 15 is 0 Å². The van der Waals surface area contributed by atoms with Gasteiger partial charge in [-0.05, 0) is 31.0 Å². The molecular weight excluding hydrogens is 441 g/mol. The molecule has 0 amide bonds. The van der Waals surface area contributed by atoms with Gasteiger partial charge in [0.15, 0.2) is 5.79 Å². The highest BCUT2D eigenvalue weighted by Gasteiger charge is 2.52. The molecule has 1 saturated carbocycles. The standard InChI is InChI=1S/C20H23F3O7S/c1-2-3-8-26-13-4-5-17-15(11-13)14-6-7-19(27-9-10-28-19)12-16(14)18(29-17)30-31(24,25)20(21,22)23/h4-5,11,14H,2-3,6-10,12H2,1H3/t14-/m1/s1. The molecule has 3 aliphatic rings. The average molecular weight is 464 g/mol. The summed E-state index contributed by atoms with van der Waals surface area (Å²) in [4.78, 5) is 0. The first-order valence-corrected chi connectivity index (χ1v) is 11.5. The summed E-state index contributed by atoms with van der Waals surface area (Å²) in [6.45, 7) is 3.28. The smallest absolute Gasteiger partial charge is 0.494 e. The predicted molar refractivity (Wildman–Crippen MR) is 102 cm³/mol. The molecule has 1 saturated heterocycles. The molecule has 0 radical (unpaired) electrons. The Morgan fingerprint density at radius 1 is 1.23 bits per heavy atom. The van der Waals surface area contributed by atoms with Gasteiger partial charge in [0.1, 0.15) is 11.5 Å². The van der Waals surface area contributed by atoms with Gasteiger partial charge in [0.25, 0.3) is 0 Å². The van der Waals surface area contributed by atoms with Crippen molar-refractivity contribution >= 4 is 10.1 Å². The third kappa shape index (κ3) is 4.35. The molecule has 7 nitrogen and oxygen atoms in total. The summed E-state index contributed by atoms with van der Waals surface area (Å²) < 4.78 is 89.3. The SMILES string of the molecule is CCCCOc1ccc2c(c1)[C@H]1CCC3(CC1=C(OS(=O)(=O)C(F)(F)F)O2)OCCO3. The molecular formula is C20H23F3O7S. The molecule has 1 atom stereocenters. The summed E-state index contributed by atoms with van der Waals surface area (Å²) in [5, 5.41) is 0. The number of alkyl halides is 3. The fourth-order valence-corrected chi connectivity index (χ4v) is 4.47. The molecule has 1 aromatic rings. The van der Waals surface area contributed by atoms with Gasteiger partial charge in [-0.15, -0.1) is 0 Å². The summed E-state index contributed by atoms with van der Waals surface area (Å²) in [6, 6.07) is 4.95. The van der Waals surface area contributed by atoms with Crippen molar-refractivity contribution in [2.45, 2.75) is 56.2 Å². The van der Waals surface area contributed by atoms with E-state index in [0.717, 1.165) is 12.8 Å². The monoisotopic (exact) mass is 464 g/mol. The van der Waals surface area contributed by atoms with Crippen LogP contribution in [-0.2, 0) is 23.8 Å². The number of hydrogen-bond donors (Lipinski definition) is 0. The lowest BCUT2D eigenvalue weighted by molar-refractivity contribution is -0.170. The van der Waals surface area contributed by atoms with E-state index in [1.54, 1.807) is 18.2 Å². The second kappa shape index (κ2) is 8.18. The van der Waals surface area contributed by atoms with Gasteiger partial charge in [0, 0.05) is 29.9 Å². The van der Waals surface area contributed by atoms with Crippen LogP contribution in [0.5, 0.6) is 11.5 Å². The summed E-state index contributed by atoms with van der Waals surface area (Å²) in [5.41, 5.74) is -4.61. The highest BCUT2D eigenvalue weighted by Crippen LogP contribution is 2.52. The molecule has 1 spiro atoms. The van der Waals surface area contributed by atoms with Gasteiger partial charge in [0.2, 0.25) is 0 Å². The Bertz CT molecular complexity index is 965. The Morgan fingerprint density at radius 2 is 1.97 bits per heavy atom. The van der Waals surface area contributed by atoms with Gasteiger partial charge in [-0.1, -0.05) is 13.3 Å². The summed E-state index contributed by atoms with van der Waals surface area (Å²) in [5.74, 6) is -1.27. The zero-order chi connectivity index (χ0) is 22.3. The molecule has 172 valence electrons. The van der Waals surface area contributed by atoms with Crippen molar-refractivity contribution in [1.29, 1.82) is 0 Å². The van der Waals surface area contributed by atoms with Crippen LogP contribution in [0, 0.1) is 0 Å². The van der Waals surface area contributed by atoms with Crippen molar-refractivity contribution in [3.8, 4) is 11.5 Å². The first-order chi connectivity index (χ1) is 14.6. The second-order valence-electron chi connectivity index (χ2n) is 7.68. The molecule has 0 bridgehead atoms. The van der Waals surface area contributed by atoms with E-state index in [0.29, 0.717) is 44.0 Å². The van der Waals surface area contributed by atoms with Crippen LogP contribution >= 0.6 is 0 Å². The normalized spacial score (nSPS) is 22.6. The van der Waals surface area contributed by atoms with Crippen LogP contribution in [0.2, 0.25) is 0 Å². The zero-order valence-electron chi connectivity index (χ0n) is 16.9. The van der Waals surface area contributed by atoms with E-state index in [4.69, 9.17) is 18.9 Å². The number of unbranched alkanes of at least 4 members (excludes halogenated alkanes) is 1.